The maximum absolute atomic E-state index is 13.2. The molecule has 1 N–H and O–H groups in total. The molecular weight excluding hydrogens is 406 g/mol. The van der Waals surface area contributed by atoms with E-state index in [-0.39, 0.29) is 29.9 Å². The van der Waals surface area contributed by atoms with Crippen molar-refractivity contribution < 1.29 is 18.7 Å². The van der Waals surface area contributed by atoms with Crippen molar-refractivity contribution in [3.05, 3.63) is 35.2 Å². The van der Waals surface area contributed by atoms with Crippen molar-refractivity contribution >= 4 is 23.5 Å². The minimum atomic E-state index is -0.522. The highest BCUT2D eigenvalue weighted by Gasteiger charge is 2.61. The Morgan fingerprint density at radius 1 is 1.17 bits per heavy atom. The zero-order chi connectivity index (χ0) is 20.9. The van der Waals surface area contributed by atoms with Crippen molar-refractivity contribution in [1.82, 2.24) is 15.5 Å². The maximum atomic E-state index is 13.2. The van der Waals surface area contributed by atoms with E-state index in [1.807, 2.05) is 0 Å². The predicted octanol–water partition coefficient (Wildman–Crippen LogP) is 3.91. The number of benzene rings is 1. The zero-order valence-electron chi connectivity index (χ0n) is 16.8. The summed E-state index contributed by atoms with van der Waals surface area (Å²) in [7, 11) is 0. The van der Waals surface area contributed by atoms with Gasteiger partial charge in [-0.3, -0.25) is 9.59 Å². The Kier molecular flexibility index (Phi) is 4.61. The van der Waals surface area contributed by atoms with Crippen LogP contribution in [-0.2, 0) is 20.9 Å². The summed E-state index contributed by atoms with van der Waals surface area (Å²) in [6.45, 7) is 1.50. The molecule has 6 rings (SSSR count). The molecule has 0 saturated heterocycles. The number of carbonyl (C=O) groups is 2. The maximum Gasteiger partial charge on any atom is 0.312 e. The van der Waals surface area contributed by atoms with Crippen LogP contribution in [0, 0.1) is 17.3 Å². The Morgan fingerprint density at radius 3 is 2.53 bits per heavy atom. The Bertz CT molecular complexity index is 973. The lowest BCUT2D eigenvalue weighted by atomic mass is 9.47. The highest BCUT2D eigenvalue weighted by atomic mass is 35.5. The molecule has 0 spiro atoms. The molecule has 2 atom stereocenters. The summed E-state index contributed by atoms with van der Waals surface area (Å²) in [5.74, 6) is 1.31. The molecule has 1 amide bonds. The highest BCUT2D eigenvalue weighted by molar-refractivity contribution is 6.30. The van der Waals surface area contributed by atoms with E-state index in [1.165, 1.54) is 0 Å². The van der Waals surface area contributed by atoms with Gasteiger partial charge in [-0.15, -0.1) is 10.2 Å². The first-order chi connectivity index (χ1) is 14.3. The van der Waals surface area contributed by atoms with Gasteiger partial charge in [0, 0.05) is 23.0 Å². The van der Waals surface area contributed by atoms with E-state index in [4.69, 9.17) is 20.8 Å². The number of ether oxygens (including phenoxy) is 1. The van der Waals surface area contributed by atoms with Gasteiger partial charge in [-0.2, -0.15) is 0 Å². The van der Waals surface area contributed by atoms with Crippen molar-refractivity contribution in [2.45, 2.75) is 57.6 Å². The van der Waals surface area contributed by atoms with E-state index in [0.717, 1.165) is 37.7 Å². The third-order valence-electron chi connectivity index (χ3n) is 6.82. The fourth-order valence-electron chi connectivity index (χ4n) is 6.32. The number of aromatic nitrogens is 2. The molecule has 4 aliphatic rings. The van der Waals surface area contributed by atoms with Crippen LogP contribution in [0.1, 0.15) is 51.3 Å². The number of hydrogen-bond acceptors (Lipinski definition) is 6. The van der Waals surface area contributed by atoms with Crippen LogP contribution >= 0.6 is 11.6 Å². The largest absolute Gasteiger partial charge is 0.455 e. The Balaban J connectivity index is 1.28. The van der Waals surface area contributed by atoms with Gasteiger partial charge in [0.25, 0.3) is 5.89 Å². The van der Waals surface area contributed by atoms with E-state index in [9.17, 15) is 9.59 Å². The van der Waals surface area contributed by atoms with Crippen molar-refractivity contribution in [1.29, 1.82) is 0 Å². The number of carbonyl (C=O) groups excluding carboxylic acids is 2. The van der Waals surface area contributed by atoms with Gasteiger partial charge in [-0.25, -0.2) is 0 Å². The fourth-order valence-corrected chi connectivity index (χ4v) is 6.45. The molecule has 1 aromatic heterocycles. The van der Waals surface area contributed by atoms with Gasteiger partial charge in [0.1, 0.15) is 0 Å². The average molecular weight is 430 g/mol. The number of amides is 1. The Morgan fingerprint density at radius 2 is 1.87 bits per heavy atom. The SMILES string of the molecule is CC(=O)NC12CC3CC(C1)CC(C(=O)OCc1nnc(-c4ccc(Cl)cc4)o1)(C3)C2. The molecule has 7 nitrogen and oxygen atoms in total. The molecule has 0 aliphatic heterocycles. The smallest absolute Gasteiger partial charge is 0.312 e. The molecule has 1 heterocycles. The van der Waals surface area contributed by atoms with Crippen LogP contribution < -0.4 is 5.32 Å². The van der Waals surface area contributed by atoms with Crippen LogP contribution in [0.4, 0.5) is 0 Å². The van der Waals surface area contributed by atoms with Crippen LogP contribution in [0.2, 0.25) is 5.02 Å². The van der Waals surface area contributed by atoms with Gasteiger partial charge < -0.3 is 14.5 Å². The van der Waals surface area contributed by atoms with Crippen LogP contribution in [-0.4, -0.2) is 27.6 Å². The van der Waals surface area contributed by atoms with Gasteiger partial charge in [0.05, 0.1) is 5.41 Å². The van der Waals surface area contributed by atoms with E-state index < -0.39 is 5.41 Å². The molecule has 8 heteroatoms. The van der Waals surface area contributed by atoms with Crippen LogP contribution in [0.5, 0.6) is 0 Å². The van der Waals surface area contributed by atoms with Gasteiger partial charge in [-0.1, -0.05) is 11.6 Å². The molecule has 0 radical (unpaired) electrons. The van der Waals surface area contributed by atoms with E-state index >= 15 is 0 Å². The van der Waals surface area contributed by atoms with Gasteiger partial charge in [0.15, 0.2) is 6.61 Å². The summed E-state index contributed by atoms with van der Waals surface area (Å²) < 4.78 is 11.3. The van der Waals surface area contributed by atoms with Gasteiger partial charge in [0.2, 0.25) is 11.8 Å². The Hall–Kier alpha value is -2.41. The summed E-state index contributed by atoms with van der Waals surface area (Å²) in [6, 6.07) is 7.09. The number of halogens is 1. The third kappa shape index (κ3) is 3.49. The monoisotopic (exact) mass is 429 g/mol. The second-order valence-electron chi connectivity index (χ2n) is 9.29. The minimum absolute atomic E-state index is 0.0268. The molecule has 4 saturated carbocycles. The first-order valence-electron chi connectivity index (χ1n) is 10.4. The van der Waals surface area contributed by atoms with Crippen molar-refractivity contribution in [3.8, 4) is 11.5 Å². The molecule has 4 aliphatic carbocycles. The van der Waals surface area contributed by atoms with Crippen LogP contribution in [0.25, 0.3) is 11.5 Å². The molecular formula is C22H24ClN3O4. The second-order valence-corrected chi connectivity index (χ2v) is 9.72. The molecule has 158 valence electrons. The van der Waals surface area contributed by atoms with Crippen LogP contribution in [0.15, 0.2) is 28.7 Å². The minimum Gasteiger partial charge on any atom is -0.455 e. The second kappa shape index (κ2) is 7.08. The predicted molar refractivity (Wildman–Crippen MR) is 108 cm³/mol. The topological polar surface area (TPSA) is 94.3 Å². The number of rotatable bonds is 5. The van der Waals surface area contributed by atoms with E-state index in [2.05, 4.69) is 15.5 Å². The summed E-state index contributed by atoms with van der Waals surface area (Å²) in [4.78, 5) is 25.0. The third-order valence-corrected chi connectivity index (χ3v) is 7.07. The lowest BCUT2D eigenvalue weighted by molar-refractivity contribution is -0.178. The van der Waals surface area contributed by atoms with Gasteiger partial charge in [-0.05, 0) is 74.6 Å². The summed E-state index contributed by atoms with van der Waals surface area (Å²) >= 11 is 5.91. The van der Waals surface area contributed by atoms with Gasteiger partial charge >= 0.3 is 5.97 Å². The first kappa shape index (κ1) is 19.5. The normalized spacial score (nSPS) is 31.5. The molecule has 1 aromatic carbocycles. The zero-order valence-corrected chi connectivity index (χ0v) is 17.6. The van der Waals surface area contributed by atoms with Crippen molar-refractivity contribution in [2.75, 3.05) is 0 Å². The summed E-state index contributed by atoms with van der Waals surface area (Å²) in [5.41, 5.74) is -0.0324. The fraction of sp³-hybridized carbons (Fsp3) is 0.545. The Labute approximate surface area is 179 Å². The average Bonchev–Trinajstić information content (AvgIpc) is 3.13. The van der Waals surface area contributed by atoms with E-state index in [0.29, 0.717) is 29.2 Å². The molecule has 2 unspecified atom stereocenters. The van der Waals surface area contributed by atoms with Crippen LogP contribution in [0.3, 0.4) is 0 Å². The molecule has 4 bridgehead atoms. The number of nitrogens with zero attached hydrogens (tertiary/aromatic N) is 2. The summed E-state index contributed by atoms with van der Waals surface area (Å²) in [6.07, 6.45) is 5.40. The molecule has 30 heavy (non-hydrogen) atoms. The molecule has 4 fully saturated rings. The number of esters is 1. The quantitative estimate of drug-likeness (QED) is 0.724. The lowest BCUT2D eigenvalue weighted by Crippen LogP contribution is -2.64. The summed E-state index contributed by atoms with van der Waals surface area (Å²) in [5, 5.41) is 11.8. The number of hydrogen-bond donors (Lipinski definition) is 1. The van der Waals surface area contributed by atoms with Crippen molar-refractivity contribution in [2.24, 2.45) is 17.3 Å². The van der Waals surface area contributed by atoms with E-state index in [1.54, 1.807) is 31.2 Å². The standard InChI is InChI=1S/C22H24ClN3O4/c1-13(27)24-22-9-14-6-15(10-22)8-21(7-14,12-22)20(28)29-11-18-25-26-19(30-18)16-2-4-17(23)5-3-16/h2-5,14-15H,6-12H2,1H3,(H,24,27). The first-order valence-corrected chi connectivity index (χ1v) is 10.8. The lowest BCUT2D eigenvalue weighted by Gasteiger charge is -2.60. The number of nitrogens with one attached hydrogen (secondary N) is 1. The van der Waals surface area contributed by atoms with Crippen molar-refractivity contribution in [3.63, 3.8) is 0 Å². The molecule has 2 aromatic rings. The highest BCUT2D eigenvalue weighted by Crippen LogP contribution is 2.62.